The Bertz CT molecular complexity index is 1090. The van der Waals surface area contributed by atoms with Crippen LogP contribution in [0.25, 0.3) is 10.7 Å². The highest BCUT2D eigenvalue weighted by Crippen LogP contribution is 2.33. The van der Waals surface area contributed by atoms with E-state index in [1.807, 2.05) is 23.4 Å². The van der Waals surface area contributed by atoms with Gasteiger partial charge in [-0.05, 0) is 51.5 Å². The van der Waals surface area contributed by atoms with Crippen LogP contribution in [0.4, 0.5) is 0 Å². The molecule has 1 amide bonds. The molecule has 4 heterocycles. The van der Waals surface area contributed by atoms with Crippen LogP contribution in [0.2, 0.25) is 0 Å². The highest BCUT2D eigenvalue weighted by atomic mass is 32.2. The molecule has 10 heteroatoms. The van der Waals surface area contributed by atoms with Gasteiger partial charge in [-0.1, -0.05) is 6.92 Å². The molecule has 2 saturated heterocycles. The number of nitrogens with zero attached hydrogens (tertiary/aromatic N) is 3. The predicted molar refractivity (Wildman–Crippen MR) is 124 cm³/mol. The maximum Gasteiger partial charge on any atom is 0.265 e. The van der Waals surface area contributed by atoms with E-state index < -0.39 is 10.0 Å². The average molecular weight is 481 g/mol. The minimum Gasteiger partial charge on any atom is -0.377 e. The molecule has 1 atom stereocenters. The summed E-state index contributed by atoms with van der Waals surface area (Å²) < 4.78 is 36.0. The number of thiazole rings is 1. The number of carbonyl (C=O) groups excluding carboxylic acids is 1. The monoisotopic (exact) mass is 480 g/mol. The number of aromatic nitrogens is 2. The Labute approximate surface area is 194 Å². The molecule has 2 aromatic rings. The van der Waals surface area contributed by atoms with Gasteiger partial charge in [-0.15, -0.1) is 11.3 Å². The molecule has 0 saturated carbocycles. The number of carbonyl (C=O) groups is 1. The molecule has 0 spiro atoms. The van der Waals surface area contributed by atoms with Crippen LogP contribution in [0.15, 0.2) is 11.0 Å². The fourth-order valence-corrected chi connectivity index (χ4v) is 6.73. The van der Waals surface area contributed by atoms with Crippen molar-refractivity contribution in [3.05, 3.63) is 22.3 Å². The van der Waals surface area contributed by atoms with E-state index in [0.29, 0.717) is 39.5 Å². The highest BCUT2D eigenvalue weighted by molar-refractivity contribution is 7.89. The van der Waals surface area contributed by atoms with Crippen molar-refractivity contribution in [1.29, 1.82) is 0 Å². The van der Waals surface area contributed by atoms with Crippen molar-refractivity contribution in [2.45, 2.75) is 57.5 Å². The lowest BCUT2D eigenvalue weighted by atomic mass is 9.99. The fourth-order valence-electron chi connectivity index (χ4n) is 4.29. The maximum absolute atomic E-state index is 13.1. The topological polar surface area (TPSA) is 93.5 Å². The first-order chi connectivity index (χ1) is 15.2. The van der Waals surface area contributed by atoms with Crippen LogP contribution in [-0.4, -0.2) is 61.1 Å². The standard InChI is InChI=1S/C22H32N4O4S2/c1-14-7-9-26(10-8-14)22(27)20-15(2)24-21(31-20)18-12-19(16(3)25(18)4)32(28,29)23-13-17-6-5-11-30-17/h12,14,17,23H,5-11,13H2,1-4H3/t17-/m0/s1. The summed E-state index contributed by atoms with van der Waals surface area (Å²) >= 11 is 1.34. The van der Waals surface area contributed by atoms with Crippen LogP contribution in [0.1, 0.15) is 53.7 Å². The highest BCUT2D eigenvalue weighted by Gasteiger charge is 2.28. The quantitative estimate of drug-likeness (QED) is 0.686. The number of hydrogen-bond donors (Lipinski definition) is 1. The Balaban J connectivity index is 1.57. The Kier molecular flexibility index (Phi) is 6.76. The van der Waals surface area contributed by atoms with Gasteiger partial charge >= 0.3 is 0 Å². The van der Waals surface area contributed by atoms with E-state index in [1.165, 1.54) is 11.3 Å². The molecular formula is C22H32N4O4S2. The lowest BCUT2D eigenvalue weighted by molar-refractivity contribution is 0.0701. The third-order valence-electron chi connectivity index (χ3n) is 6.58. The summed E-state index contributed by atoms with van der Waals surface area (Å²) in [4.78, 5) is 20.5. The van der Waals surface area contributed by atoms with E-state index in [2.05, 4.69) is 16.6 Å². The van der Waals surface area contributed by atoms with Gasteiger partial charge in [0.05, 0.1) is 17.5 Å². The first-order valence-electron chi connectivity index (χ1n) is 11.2. The van der Waals surface area contributed by atoms with Gasteiger partial charge in [-0.3, -0.25) is 4.79 Å². The van der Waals surface area contributed by atoms with Gasteiger partial charge in [0.15, 0.2) is 0 Å². The number of hydrogen-bond acceptors (Lipinski definition) is 6. The van der Waals surface area contributed by atoms with Gasteiger partial charge in [0, 0.05) is 39.0 Å². The Morgan fingerprint density at radius 2 is 2.00 bits per heavy atom. The van der Waals surface area contributed by atoms with Crippen LogP contribution in [0.3, 0.4) is 0 Å². The summed E-state index contributed by atoms with van der Waals surface area (Å²) in [5.41, 5.74) is 2.01. The second kappa shape index (κ2) is 9.24. The van der Waals surface area contributed by atoms with Gasteiger partial charge in [0.2, 0.25) is 10.0 Å². The molecule has 8 nitrogen and oxygen atoms in total. The van der Waals surface area contributed by atoms with E-state index >= 15 is 0 Å². The molecule has 4 rings (SSSR count). The number of nitrogens with one attached hydrogen (secondary N) is 1. The zero-order valence-corrected chi connectivity index (χ0v) is 20.8. The number of amides is 1. The van der Waals surface area contributed by atoms with Crippen molar-refractivity contribution in [2.75, 3.05) is 26.2 Å². The summed E-state index contributed by atoms with van der Waals surface area (Å²) in [6, 6.07) is 1.66. The second-order valence-electron chi connectivity index (χ2n) is 8.93. The van der Waals surface area contributed by atoms with Gasteiger partial charge in [0.1, 0.15) is 14.8 Å². The van der Waals surface area contributed by atoms with Crippen molar-refractivity contribution >= 4 is 27.3 Å². The zero-order chi connectivity index (χ0) is 23.0. The molecule has 1 N–H and O–H groups in total. The lowest BCUT2D eigenvalue weighted by Gasteiger charge is -2.30. The number of likely N-dealkylation sites (tertiary alicyclic amines) is 1. The normalized spacial score (nSPS) is 20.2. The second-order valence-corrected chi connectivity index (χ2v) is 11.7. The summed E-state index contributed by atoms with van der Waals surface area (Å²) in [7, 11) is -1.85. The van der Waals surface area contributed by atoms with Crippen molar-refractivity contribution in [2.24, 2.45) is 13.0 Å². The first-order valence-corrected chi connectivity index (χ1v) is 13.5. The first kappa shape index (κ1) is 23.4. The number of piperidine rings is 1. The smallest absolute Gasteiger partial charge is 0.265 e. The predicted octanol–water partition coefficient (Wildman–Crippen LogP) is 3.09. The molecule has 0 bridgehead atoms. The SMILES string of the molecule is Cc1nc(-c2cc(S(=O)(=O)NC[C@@H]3CCCO3)c(C)n2C)sc1C(=O)N1CCC(C)CC1. The minimum absolute atomic E-state index is 0.0233. The third kappa shape index (κ3) is 4.64. The van der Waals surface area contributed by atoms with Crippen LogP contribution in [-0.2, 0) is 21.8 Å². The molecule has 2 aliphatic heterocycles. The molecular weight excluding hydrogens is 448 g/mol. The van der Waals surface area contributed by atoms with E-state index in [4.69, 9.17) is 4.74 Å². The molecule has 0 aromatic carbocycles. The Hall–Kier alpha value is -1.75. The van der Waals surface area contributed by atoms with E-state index in [1.54, 1.807) is 13.0 Å². The average Bonchev–Trinajstić information content (AvgIpc) is 3.48. The van der Waals surface area contributed by atoms with Crippen LogP contribution in [0, 0.1) is 19.8 Å². The van der Waals surface area contributed by atoms with Gasteiger partial charge in [0.25, 0.3) is 5.91 Å². The van der Waals surface area contributed by atoms with Crippen LogP contribution in [0.5, 0.6) is 0 Å². The summed E-state index contributed by atoms with van der Waals surface area (Å²) in [5.74, 6) is 0.674. The van der Waals surface area contributed by atoms with Crippen molar-refractivity contribution in [3.8, 4) is 10.7 Å². The number of ether oxygens (including phenoxy) is 1. The summed E-state index contributed by atoms with van der Waals surface area (Å²) in [6.07, 6.45) is 3.80. The van der Waals surface area contributed by atoms with Crippen LogP contribution < -0.4 is 4.72 Å². The van der Waals surface area contributed by atoms with Crippen LogP contribution >= 0.6 is 11.3 Å². The van der Waals surface area contributed by atoms with E-state index in [-0.39, 0.29) is 23.5 Å². The number of rotatable bonds is 6. The molecule has 0 aliphatic carbocycles. The molecule has 2 aromatic heterocycles. The van der Waals surface area contributed by atoms with Gasteiger partial charge < -0.3 is 14.2 Å². The summed E-state index contributed by atoms with van der Waals surface area (Å²) in [6.45, 7) is 8.35. The minimum atomic E-state index is -3.68. The molecule has 2 aliphatic rings. The number of sulfonamides is 1. The largest absolute Gasteiger partial charge is 0.377 e. The Morgan fingerprint density at radius 1 is 1.28 bits per heavy atom. The summed E-state index contributed by atoms with van der Waals surface area (Å²) in [5, 5.41) is 0.655. The van der Waals surface area contributed by atoms with Crippen molar-refractivity contribution < 1.29 is 17.9 Å². The molecule has 0 unspecified atom stereocenters. The lowest BCUT2D eigenvalue weighted by Crippen LogP contribution is -2.37. The maximum atomic E-state index is 13.1. The molecule has 2 fully saturated rings. The fraction of sp³-hybridized carbons (Fsp3) is 0.636. The number of aryl methyl sites for hydroxylation is 1. The van der Waals surface area contributed by atoms with E-state index in [9.17, 15) is 13.2 Å². The van der Waals surface area contributed by atoms with Crippen molar-refractivity contribution in [3.63, 3.8) is 0 Å². The van der Waals surface area contributed by atoms with Gasteiger partial charge in [-0.25, -0.2) is 18.1 Å². The van der Waals surface area contributed by atoms with Crippen molar-refractivity contribution in [1.82, 2.24) is 19.2 Å². The van der Waals surface area contributed by atoms with E-state index in [0.717, 1.165) is 38.8 Å². The zero-order valence-electron chi connectivity index (χ0n) is 19.2. The molecule has 32 heavy (non-hydrogen) atoms. The molecule has 0 radical (unpaired) electrons. The van der Waals surface area contributed by atoms with Gasteiger partial charge in [-0.2, -0.15) is 0 Å². The molecule has 176 valence electrons. The Morgan fingerprint density at radius 3 is 2.66 bits per heavy atom. The third-order valence-corrected chi connectivity index (χ3v) is 9.29.